The lowest BCUT2D eigenvalue weighted by Crippen LogP contribution is -2.34. The molecule has 0 aliphatic carbocycles. The summed E-state index contributed by atoms with van der Waals surface area (Å²) in [6, 6.07) is 5.11. The molecule has 2 aliphatic rings. The van der Waals surface area contributed by atoms with Gasteiger partial charge < -0.3 is 15.7 Å². The number of amides is 2. The average molecular weight is 244 g/mol. The van der Waals surface area contributed by atoms with Crippen molar-refractivity contribution in [2.45, 2.75) is 19.2 Å². The second-order valence-electron chi connectivity index (χ2n) is 4.38. The molecule has 6 heteroatoms. The molecule has 2 heterocycles. The fourth-order valence-corrected chi connectivity index (χ4v) is 2.07. The van der Waals surface area contributed by atoms with Gasteiger partial charge >= 0.3 is 6.03 Å². The molecule has 1 unspecified atom stereocenters. The molecule has 1 atom stereocenters. The third-order valence-electron chi connectivity index (χ3n) is 3.20. The van der Waals surface area contributed by atoms with Gasteiger partial charge in [0.2, 0.25) is 5.72 Å². The van der Waals surface area contributed by atoms with Crippen molar-refractivity contribution in [1.82, 2.24) is 5.32 Å². The van der Waals surface area contributed by atoms with Gasteiger partial charge in [-0.25, -0.2) is 4.79 Å². The summed E-state index contributed by atoms with van der Waals surface area (Å²) in [5.74, 6) is 0. The lowest BCUT2D eigenvalue weighted by Gasteiger charge is -2.24. The largest absolute Gasteiger partial charge is 0.361 e. The Morgan fingerprint density at radius 1 is 1.44 bits per heavy atom. The van der Waals surface area contributed by atoms with Crippen molar-refractivity contribution in [3.05, 3.63) is 41.1 Å². The maximum absolute atomic E-state index is 11.2. The van der Waals surface area contributed by atoms with Crippen LogP contribution < -0.4 is 10.6 Å². The van der Waals surface area contributed by atoms with Crippen LogP contribution in [0, 0.1) is 0 Å². The van der Waals surface area contributed by atoms with Crippen molar-refractivity contribution in [2.24, 2.45) is 10.2 Å². The highest BCUT2D eigenvalue weighted by Gasteiger charge is 2.35. The van der Waals surface area contributed by atoms with Crippen molar-refractivity contribution < 1.29 is 9.90 Å². The van der Waals surface area contributed by atoms with Gasteiger partial charge in [0, 0.05) is 23.4 Å². The Balaban J connectivity index is 2.03. The normalized spacial score (nSPS) is 25.2. The minimum atomic E-state index is -1.38. The number of urea groups is 1. The number of benzene rings is 1. The van der Waals surface area contributed by atoms with Crippen LogP contribution in [0.2, 0.25) is 0 Å². The van der Waals surface area contributed by atoms with Gasteiger partial charge in [0.15, 0.2) is 0 Å². The van der Waals surface area contributed by atoms with Crippen LogP contribution in [0.25, 0.3) is 0 Å². The zero-order valence-corrected chi connectivity index (χ0v) is 9.77. The van der Waals surface area contributed by atoms with E-state index in [9.17, 15) is 9.90 Å². The third kappa shape index (κ3) is 1.50. The van der Waals surface area contributed by atoms with Gasteiger partial charge in [-0.3, -0.25) is 0 Å². The summed E-state index contributed by atoms with van der Waals surface area (Å²) < 4.78 is 0. The van der Waals surface area contributed by atoms with Gasteiger partial charge in [-0.05, 0) is 24.6 Å². The van der Waals surface area contributed by atoms with Crippen LogP contribution >= 0.6 is 0 Å². The average Bonchev–Trinajstić information content (AvgIpc) is 2.70. The van der Waals surface area contributed by atoms with E-state index >= 15 is 0 Å². The zero-order valence-electron chi connectivity index (χ0n) is 9.77. The van der Waals surface area contributed by atoms with E-state index in [0.717, 1.165) is 11.3 Å². The first-order valence-corrected chi connectivity index (χ1v) is 5.59. The molecule has 3 rings (SSSR count). The number of azo groups is 1. The first-order valence-electron chi connectivity index (χ1n) is 5.59. The second kappa shape index (κ2) is 3.64. The quantitative estimate of drug-likeness (QED) is 0.704. The number of aliphatic hydroxyl groups is 1. The van der Waals surface area contributed by atoms with Crippen molar-refractivity contribution in [1.29, 1.82) is 0 Å². The first-order chi connectivity index (χ1) is 8.59. The standard InChI is InChI=1S/C12H12N4O2/c1-7-5-14-16-12(7,18)9-2-3-10-8(4-9)6-13-11(17)15-10/h2-5,18H,6H2,1H3,(H2,13,15,17). The summed E-state index contributed by atoms with van der Waals surface area (Å²) in [6.45, 7) is 2.21. The molecule has 2 aliphatic heterocycles. The lowest BCUT2D eigenvalue weighted by atomic mass is 9.94. The molecule has 0 aromatic heterocycles. The fourth-order valence-electron chi connectivity index (χ4n) is 2.07. The maximum Gasteiger partial charge on any atom is 0.319 e. The van der Waals surface area contributed by atoms with Gasteiger partial charge in [-0.15, -0.1) is 5.11 Å². The molecule has 0 radical (unpaired) electrons. The van der Waals surface area contributed by atoms with Crippen LogP contribution in [0.1, 0.15) is 18.1 Å². The molecule has 0 saturated carbocycles. The SMILES string of the molecule is CC1=CN=NC1(O)c1ccc2c(c1)CNC(=O)N2. The number of hydrogen-bond donors (Lipinski definition) is 3. The number of fused-ring (bicyclic) bond motifs is 1. The Bertz CT molecular complexity index is 594. The number of nitrogens with zero attached hydrogens (tertiary/aromatic N) is 2. The summed E-state index contributed by atoms with van der Waals surface area (Å²) in [4.78, 5) is 11.2. The predicted octanol–water partition coefficient (Wildman–Crippen LogP) is 1.84. The van der Waals surface area contributed by atoms with E-state index in [1.807, 2.05) is 6.07 Å². The minimum absolute atomic E-state index is 0.217. The predicted molar refractivity (Wildman–Crippen MR) is 64.8 cm³/mol. The Hall–Kier alpha value is -2.21. The molecular weight excluding hydrogens is 232 g/mol. The maximum atomic E-state index is 11.2. The molecule has 0 bridgehead atoms. The first kappa shape index (κ1) is 10.9. The monoisotopic (exact) mass is 244 g/mol. The number of carbonyl (C=O) groups excluding carboxylic acids is 1. The molecular formula is C12H12N4O2. The van der Waals surface area contributed by atoms with Crippen LogP contribution in [0.4, 0.5) is 10.5 Å². The molecule has 0 saturated heterocycles. The van der Waals surface area contributed by atoms with Crippen LogP contribution in [0.15, 0.2) is 40.2 Å². The van der Waals surface area contributed by atoms with E-state index in [4.69, 9.17) is 0 Å². The molecule has 0 spiro atoms. The summed E-state index contributed by atoms with van der Waals surface area (Å²) >= 11 is 0. The molecule has 1 aromatic carbocycles. The number of rotatable bonds is 1. The van der Waals surface area contributed by atoms with E-state index in [1.54, 1.807) is 25.3 Å². The van der Waals surface area contributed by atoms with Crippen LogP contribution in [0.5, 0.6) is 0 Å². The van der Waals surface area contributed by atoms with Crippen molar-refractivity contribution in [2.75, 3.05) is 5.32 Å². The van der Waals surface area contributed by atoms with E-state index < -0.39 is 5.72 Å². The van der Waals surface area contributed by atoms with Crippen molar-refractivity contribution in [3.63, 3.8) is 0 Å². The topological polar surface area (TPSA) is 86.1 Å². The number of hydrogen-bond acceptors (Lipinski definition) is 4. The second-order valence-corrected chi connectivity index (χ2v) is 4.38. The van der Waals surface area contributed by atoms with Gasteiger partial charge in [0.1, 0.15) is 0 Å². The number of anilines is 1. The van der Waals surface area contributed by atoms with E-state index in [2.05, 4.69) is 20.9 Å². The zero-order chi connectivity index (χ0) is 12.8. The summed E-state index contributed by atoms with van der Waals surface area (Å²) in [5, 5.41) is 23.4. The molecule has 3 N–H and O–H groups in total. The summed E-state index contributed by atoms with van der Waals surface area (Å²) in [7, 11) is 0. The van der Waals surface area contributed by atoms with Crippen LogP contribution in [0.3, 0.4) is 0 Å². The Morgan fingerprint density at radius 3 is 3.00 bits per heavy atom. The Morgan fingerprint density at radius 2 is 2.28 bits per heavy atom. The van der Waals surface area contributed by atoms with Gasteiger partial charge in [-0.2, -0.15) is 5.11 Å². The number of nitrogens with one attached hydrogen (secondary N) is 2. The smallest absolute Gasteiger partial charge is 0.319 e. The van der Waals surface area contributed by atoms with Gasteiger partial charge in [0.05, 0.1) is 6.20 Å². The molecule has 2 amide bonds. The van der Waals surface area contributed by atoms with E-state index in [0.29, 0.717) is 17.7 Å². The van der Waals surface area contributed by atoms with Crippen LogP contribution in [-0.2, 0) is 12.3 Å². The molecule has 1 aromatic rings. The van der Waals surface area contributed by atoms with E-state index in [1.165, 1.54) is 0 Å². The van der Waals surface area contributed by atoms with Crippen molar-refractivity contribution in [3.8, 4) is 0 Å². The highest BCUT2D eigenvalue weighted by atomic mass is 16.3. The highest BCUT2D eigenvalue weighted by Crippen LogP contribution is 2.36. The Labute approximate surface area is 103 Å². The van der Waals surface area contributed by atoms with Gasteiger partial charge in [-0.1, -0.05) is 6.07 Å². The van der Waals surface area contributed by atoms with Crippen molar-refractivity contribution >= 4 is 11.7 Å². The molecule has 18 heavy (non-hydrogen) atoms. The molecule has 6 nitrogen and oxygen atoms in total. The fraction of sp³-hybridized carbons (Fsp3) is 0.250. The third-order valence-corrected chi connectivity index (χ3v) is 3.20. The van der Waals surface area contributed by atoms with Crippen LogP contribution in [-0.4, -0.2) is 11.1 Å². The lowest BCUT2D eigenvalue weighted by molar-refractivity contribution is 0.0852. The minimum Gasteiger partial charge on any atom is -0.361 e. The summed E-state index contributed by atoms with van der Waals surface area (Å²) in [6.07, 6.45) is 1.54. The molecule has 92 valence electrons. The summed E-state index contributed by atoms with van der Waals surface area (Å²) in [5.41, 5.74) is 1.61. The highest BCUT2D eigenvalue weighted by molar-refractivity contribution is 5.92. The number of carbonyl (C=O) groups is 1. The van der Waals surface area contributed by atoms with E-state index in [-0.39, 0.29) is 6.03 Å². The Kier molecular flexibility index (Phi) is 2.21. The molecule has 0 fully saturated rings. The van der Waals surface area contributed by atoms with Gasteiger partial charge in [0.25, 0.3) is 0 Å².